The summed E-state index contributed by atoms with van der Waals surface area (Å²) in [7, 11) is 0. The van der Waals surface area contributed by atoms with Crippen molar-refractivity contribution in [3.63, 3.8) is 0 Å². The van der Waals surface area contributed by atoms with Crippen molar-refractivity contribution in [3.05, 3.63) is 89.1 Å². The Kier molecular flexibility index (Phi) is 6.66. The molecule has 1 N–H and O–H groups in total. The molecule has 0 saturated heterocycles. The molecular weight excluding hydrogens is 456 g/mol. The Balaban J connectivity index is 1.54. The Hall–Kier alpha value is -4.20. The van der Waals surface area contributed by atoms with Crippen LogP contribution in [0.5, 0.6) is 11.5 Å². The Bertz CT molecular complexity index is 1380. The number of aromatic nitrogens is 4. The summed E-state index contributed by atoms with van der Waals surface area (Å²) in [4.78, 5) is 20.2. The summed E-state index contributed by atoms with van der Waals surface area (Å²) in [5.74, 6) is 0.539. The molecule has 0 aliphatic heterocycles. The average molecular weight is 485 g/mol. The Morgan fingerprint density at radius 1 is 1.06 bits per heavy atom. The summed E-state index contributed by atoms with van der Waals surface area (Å²) in [5.41, 5.74) is 5.80. The van der Waals surface area contributed by atoms with Gasteiger partial charge in [-0.2, -0.15) is 5.10 Å². The maximum atomic E-state index is 12.1. The van der Waals surface area contributed by atoms with Crippen LogP contribution in [-0.2, 0) is 19.4 Å². The third-order valence-corrected chi connectivity index (χ3v) is 6.44. The number of hydrogen-bond acceptors (Lipinski definition) is 6. The van der Waals surface area contributed by atoms with Crippen LogP contribution in [0, 0.1) is 0 Å². The highest BCUT2D eigenvalue weighted by atomic mass is 16.5. The molecule has 2 heterocycles. The first-order chi connectivity index (χ1) is 17.6. The molecule has 0 saturated carbocycles. The lowest BCUT2D eigenvalue weighted by Crippen LogP contribution is -2.15. The van der Waals surface area contributed by atoms with E-state index < -0.39 is 5.97 Å². The molecule has 2 aromatic carbocycles. The van der Waals surface area contributed by atoms with Crippen LogP contribution in [0.4, 0.5) is 0 Å². The molecule has 1 aliphatic carbocycles. The van der Waals surface area contributed by atoms with Gasteiger partial charge in [-0.25, -0.2) is 14.8 Å². The van der Waals surface area contributed by atoms with Crippen LogP contribution >= 0.6 is 0 Å². The van der Waals surface area contributed by atoms with Gasteiger partial charge in [-0.1, -0.05) is 19.1 Å². The van der Waals surface area contributed by atoms with Gasteiger partial charge < -0.3 is 14.6 Å². The zero-order valence-corrected chi connectivity index (χ0v) is 20.3. The molecule has 36 heavy (non-hydrogen) atoms. The lowest BCUT2D eigenvalue weighted by Gasteiger charge is -2.24. The van der Waals surface area contributed by atoms with Crippen molar-refractivity contribution in [1.29, 1.82) is 0 Å². The highest BCUT2D eigenvalue weighted by Gasteiger charge is 2.31. The Labute approximate surface area is 209 Å². The van der Waals surface area contributed by atoms with Crippen LogP contribution in [0.2, 0.25) is 0 Å². The van der Waals surface area contributed by atoms with Gasteiger partial charge in [0, 0.05) is 29.1 Å². The quantitative estimate of drug-likeness (QED) is 0.352. The predicted octanol–water partition coefficient (Wildman–Crippen LogP) is 5.11. The van der Waals surface area contributed by atoms with Gasteiger partial charge in [-0.15, -0.1) is 0 Å². The number of rotatable bonds is 9. The number of aromatic carboxylic acids is 1. The van der Waals surface area contributed by atoms with E-state index in [-0.39, 0.29) is 11.7 Å². The van der Waals surface area contributed by atoms with Crippen LogP contribution < -0.4 is 9.47 Å². The minimum absolute atomic E-state index is 0.125. The number of nitrogens with zero attached hydrogens (tertiary/aromatic N) is 4. The number of benzene rings is 2. The normalized spacial score (nSPS) is 12.9. The lowest BCUT2D eigenvalue weighted by molar-refractivity contribution is 0.0688. The van der Waals surface area contributed by atoms with E-state index in [1.54, 1.807) is 12.4 Å². The third kappa shape index (κ3) is 4.54. The van der Waals surface area contributed by atoms with E-state index in [4.69, 9.17) is 9.47 Å². The van der Waals surface area contributed by atoms with Gasteiger partial charge in [0.2, 0.25) is 0 Å². The monoisotopic (exact) mass is 484 g/mol. The first-order valence-electron chi connectivity index (χ1n) is 12.2. The van der Waals surface area contributed by atoms with E-state index in [0.29, 0.717) is 19.6 Å². The van der Waals surface area contributed by atoms with E-state index in [1.165, 1.54) is 6.33 Å². The molecule has 0 bridgehead atoms. The second kappa shape index (κ2) is 10.2. The fourth-order valence-electron chi connectivity index (χ4n) is 4.85. The van der Waals surface area contributed by atoms with Crippen molar-refractivity contribution in [2.45, 2.75) is 45.8 Å². The van der Waals surface area contributed by atoms with Crippen molar-refractivity contribution in [3.8, 4) is 22.8 Å². The molecule has 0 amide bonds. The summed E-state index contributed by atoms with van der Waals surface area (Å²) in [6, 6.07) is 13.8. The fraction of sp³-hybridized carbons (Fsp3) is 0.286. The molecule has 1 unspecified atom stereocenters. The molecule has 1 aliphatic rings. The van der Waals surface area contributed by atoms with Gasteiger partial charge in [-0.05, 0) is 67.6 Å². The standard InChI is InChI=1S/C28H28N4O4/c1-3-25(20-6-5-7-21(13-20)35-4-2)32-27-23-11-9-22(36-16-18-14-29-17-30-15-18)12-19(23)8-10-24(27)26(31-32)28(33)34/h5-7,9,11-15,17,25H,3-4,8,10,16H2,1-2H3,(H,33,34). The number of carboxylic acid groups (broad SMARTS) is 1. The van der Waals surface area contributed by atoms with E-state index in [9.17, 15) is 9.90 Å². The molecular formula is C28H28N4O4. The SMILES string of the molecule is CCOc1cccc(C(CC)n2nc(C(=O)O)c3c2-c2ccc(OCc4cncnc4)cc2CC3)c1. The van der Waals surface area contributed by atoms with Crippen LogP contribution in [0.3, 0.4) is 0 Å². The predicted molar refractivity (Wildman–Crippen MR) is 134 cm³/mol. The minimum Gasteiger partial charge on any atom is -0.494 e. The summed E-state index contributed by atoms with van der Waals surface area (Å²) >= 11 is 0. The maximum absolute atomic E-state index is 12.1. The van der Waals surface area contributed by atoms with Crippen molar-refractivity contribution < 1.29 is 19.4 Å². The van der Waals surface area contributed by atoms with Crippen molar-refractivity contribution >= 4 is 5.97 Å². The number of ether oxygens (including phenoxy) is 2. The van der Waals surface area contributed by atoms with Gasteiger partial charge in [0.05, 0.1) is 18.3 Å². The summed E-state index contributed by atoms with van der Waals surface area (Å²) in [6.07, 6.45) is 7.03. The number of aryl methyl sites for hydroxylation is 1. The number of carboxylic acids is 1. The van der Waals surface area contributed by atoms with Gasteiger partial charge in [0.1, 0.15) is 24.4 Å². The Morgan fingerprint density at radius 2 is 1.86 bits per heavy atom. The second-order valence-corrected chi connectivity index (χ2v) is 8.71. The maximum Gasteiger partial charge on any atom is 0.356 e. The average Bonchev–Trinajstić information content (AvgIpc) is 3.29. The first-order valence-corrected chi connectivity index (χ1v) is 12.2. The molecule has 8 nitrogen and oxygen atoms in total. The summed E-state index contributed by atoms with van der Waals surface area (Å²) in [5, 5.41) is 14.6. The van der Waals surface area contributed by atoms with Gasteiger partial charge in [0.15, 0.2) is 5.69 Å². The minimum atomic E-state index is -1.00. The third-order valence-electron chi connectivity index (χ3n) is 6.44. The van der Waals surface area contributed by atoms with Crippen molar-refractivity contribution in [1.82, 2.24) is 19.7 Å². The van der Waals surface area contributed by atoms with Gasteiger partial charge in [-0.3, -0.25) is 4.68 Å². The molecule has 0 radical (unpaired) electrons. The Morgan fingerprint density at radius 3 is 2.61 bits per heavy atom. The second-order valence-electron chi connectivity index (χ2n) is 8.71. The highest BCUT2D eigenvalue weighted by molar-refractivity contribution is 5.90. The van der Waals surface area contributed by atoms with Crippen molar-refractivity contribution in [2.75, 3.05) is 6.61 Å². The molecule has 4 aromatic rings. The van der Waals surface area contributed by atoms with E-state index in [2.05, 4.69) is 22.0 Å². The molecule has 184 valence electrons. The molecule has 1 atom stereocenters. The largest absolute Gasteiger partial charge is 0.494 e. The zero-order chi connectivity index (χ0) is 25.1. The van der Waals surface area contributed by atoms with Gasteiger partial charge >= 0.3 is 5.97 Å². The molecule has 0 spiro atoms. The van der Waals surface area contributed by atoms with E-state index in [1.807, 2.05) is 54.1 Å². The summed E-state index contributed by atoms with van der Waals surface area (Å²) in [6.45, 7) is 4.99. The molecule has 0 fully saturated rings. The zero-order valence-electron chi connectivity index (χ0n) is 20.3. The van der Waals surface area contributed by atoms with E-state index >= 15 is 0 Å². The van der Waals surface area contributed by atoms with Crippen molar-refractivity contribution in [2.24, 2.45) is 0 Å². The van der Waals surface area contributed by atoms with Gasteiger partial charge in [0.25, 0.3) is 0 Å². The number of carbonyl (C=O) groups is 1. The molecule has 5 rings (SSSR count). The van der Waals surface area contributed by atoms with Crippen LogP contribution in [-0.4, -0.2) is 37.4 Å². The van der Waals surface area contributed by atoms with Crippen LogP contribution in [0.1, 0.15) is 59.1 Å². The lowest BCUT2D eigenvalue weighted by atomic mass is 9.88. The molecule has 8 heteroatoms. The topological polar surface area (TPSA) is 99.4 Å². The number of fused-ring (bicyclic) bond motifs is 3. The fourth-order valence-corrected chi connectivity index (χ4v) is 4.85. The molecule has 2 aromatic heterocycles. The van der Waals surface area contributed by atoms with Crippen LogP contribution in [0.15, 0.2) is 61.2 Å². The summed E-state index contributed by atoms with van der Waals surface area (Å²) < 4.78 is 13.6. The smallest absolute Gasteiger partial charge is 0.356 e. The number of hydrogen-bond donors (Lipinski definition) is 1. The first kappa shape index (κ1) is 23.5. The highest BCUT2D eigenvalue weighted by Crippen LogP contribution is 2.40. The van der Waals surface area contributed by atoms with Crippen LogP contribution in [0.25, 0.3) is 11.3 Å². The van der Waals surface area contributed by atoms with E-state index in [0.717, 1.165) is 57.9 Å².